The number of methoxy groups -OCH3 is 1. The first kappa shape index (κ1) is 17.7. The van der Waals surface area contributed by atoms with Crippen LogP contribution in [0.2, 0.25) is 5.02 Å². The lowest BCUT2D eigenvalue weighted by Gasteiger charge is -2.00. The third-order valence-corrected chi connectivity index (χ3v) is 3.65. The fourth-order valence-electron chi connectivity index (χ4n) is 2.11. The van der Waals surface area contributed by atoms with Gasteiger partial charge in [0, 0.05) is 16.7 Å². The first-order chi connectivity index (χ1) is 12.6. The van der Waals surface area contributed by atoms with Gasteiger partial charge in [0.1, 0.15) is 5.75 Å². The maximum Gasteiger partial charge on any atom is 0.331 e. The third kappa shape index (κ3) is 4.70. The molecule has 0 aliphatic rings. The van der Waals surface area contributed by atoms with E-state index in [1.807, 2.05) is 18.2 Å². The van der Waals surface area contributed by atoms with Crippen molar-refractivity contribution < 1.29 is 18.7 Å². The van der Waals surface area contributed by atoms with Crippen molar-refractivity contribution >= 4 is 23.6 Å². The molecule has 6 nitrogen and oxygen atoms in total. The zero-order valence-electron chi connectivity index (χ0n) is 13.9. The summed E-state index contributed by atoms with van der Waals surface area (Å²) in [6, 6.07) is 14.3. The second-order valence-corrected chi connectivity index (χ2v) is 5.66. The normalized spacial score (nSPS) is 10.8. The van der Waals surface area contributed by atoms with Crippen molar-refractivity contribution in [3.63, 3.8) is 0 Å². The Kier molecular flexibility index (Phi) is 5.66. The van der Waals surface area contributed by atoms with Crippen LogP contribution in [0.3, 0.4) is 0 Å². The molecule has 0 unspecified atom stereocenters. The number of rotatable bonds is 6. The van der Waals surface area contributed by atoms with E-state index in [1.165, 1.54) is 6.08 Å². The molecule has 3 rings (SSSR count). The molecule has 2 aromatic carbocycles. The lowest BCUT2D eigenvalue weighted by Crippen LogP contribution is -2.00. The third-order valence-electron chi connectivity index (χ3n) is 3.40. The Balaban J connectivity index is 1.56. The zero-order valence-corrected chi connectivity index (χ0v) is 14.6. The number of nitrogens with zero attached hydrogens (tertiary/aromatic N) is 2. The summed E-state index contributed by atoms with van der Waals surface area (Å²) in [7, 11) is 1.58. The largest absolute Gasteiger partial charge is 0.497 e. The lowest BCUT2D eigenvalue weighted by molar-refractivity contribution is -0.139. The molecule has 0 aliphatic carbocycles. The quantitative estimate of drug-likeness (QED) is 0.479. The molecule has 0 atom stereocenters. The average molecular weight is 371 g/mol. The molecule has 0 bridgehead atoms. The van der Waals surface area contributed by atoms with Crippen LogP contribution in [0.5, 0.6) is 5.75 Å². The molecule has 0 amide bonds. The highest BCUT2D eigenvalue weighted by Gasteiger charge is 2.10. The molecule has 7 heteroatoms. The minimum atomic E-state index is -0.515. The molecular weight excluding hydrogens is 356 g/mol. The molecule has 0 fully saturated rings. The van der Waals surface area contributed by atoms with E-state index in [0.717, 1.165) is 11.1 Å². The molecular formula is C19H15ClN2O4. The van der Waals surface area contributed by atoms with Gasteiger partial charge < -0.3 is 13.9 Å². The Labute approximate surface area is 155 Å². The number of carbonyl (C=O) groups is 1. The van der Waals surface area contributed by atoms with Crippen LogP contribution in [0.25, 0.3) is 17.5 Å². The smallest absolute Gasteiger partial charge is 0.331 e. The summed E-state index contributed by atoms with van der Waals surface area (Å²) < 4.78 is 15.7. The van der Waals surface area contributed by atoms with Crippen LogP contribution in [-0.4, -0.2) is 23.3 Å². The van der Waals surface area contributed by atoms with Crippen LogP contribution in [0.15, 0.2) is 59.0 Å². The van der Waals surface area contributed by atoms with Crippen LogP contribution in [0, 0.1) is 0 Å². The van der Waals surface area contributed by atoms with Gasteiger partial charge in [-0.3, -0.25) is 0 Å². The van der Waals surface area contributed by atoms with E-state index < -0.39 is 5.97 Å². The van der Waals surface area contributed by atoms with Crippen LogP contribution in [0.4, 0.5) is 0 Å². The van der Waals surface area contributed by atoms with Gasteiger partial charge in [-0.05, 0) is 48.0 Å². The van der Waals surface area contributed by atoms with Gasteiger partial charge in [0.05, 0.1) is 7.11 Å². The molecule has 0 aliphatic heterocycles. The Morgan fingerprint density at radius 2 is 2.00 bits per heavy atom. The van der Waals surface area contributed by atoms with Gasteiger partial charge in [-0.1, -0.05) is 23.7 Å². The number of esters is 1. The van der Waals surface area contributed by atoms with Crippen LogP contribution < -0.4 is 4.74 Å². The fraction of sp³-hybridized carbons (Fsp3) is 0.105. The van der Waals surface area contributed by atoms with Gasteiger partial charge in [-0.15, -0.1) is 10.2 Å². The van der Waals surface area contributed by atoms with Crippen LogP contribution in [0.1, 0.15) is 11.5 Å². The maximum atomic E-state index is 11.8. The van der Waals surface area contributed by atoms with Crippen LogP contribution >= 0.6 is 11.6 Å². The second kappa shape index (κ2) is 8.31. The number of hydrogen-bond acceptors (Lipinski definition) is 6. The Morgan fingerprint density at radius 3 is 2.77 bits per heavy atom. The van der Waals surface area contributed by atoms with Gasteiger partial charge >= 0.3 is 5.97 Å². The van der Waals surface area contributed by atoms with E-state index >= 15 is 0 Å². The molecule has 132 valence electrons. The first-order valence-electron chi connectivity index (χ1n) is 7.71. The number of benzene rings is 2. The van der Waals surface area contributed by atoms with E-state index in [4.69, 9.17) is 25.5 Å². The van der Waals surface area contributed by atoms with Crippen molar-refractivity contribution in [1.29, 1.82) is 0 Å². The summed E-state index contributed by atoms with van der Waals surface area (Å²) in [5, 5.41) is 8.40. The molecule has 1 heterocycles. The van der Waals surface area contributed by atoms with E-state index in [-0.39, 0.29) is 12.5 Å². The zero-order chi connectivity index (χ0) is 18.4. The summed E-state index contributed by atoms with van der Waals surface area (Å²) in [4.78, 5) is 11.8. The standard InChI is InChI=1S/C19H15ClN2O4/c1-24-16-4-2-3-13(11-16)5-10-18(23)25-12-17-21-22-19(26-17)14-6-8-15(20)9-7-14/h2-11H,12H2,1H3. The summed E-state index contributed by atoms with van der Waals surface area (Å²) in [6.45, 7) is -0.109. The Bertz CT molecular complexity index is 919. The number of ether oxygens (including phenoxy) is 2. The molecule has 3 aromatic rings. The topological polar surface area (TPSA) is 74.5 Å². The highest BCUT2D eigenvalue weighted by atomic mass is 35.5. The summed E-state index contributed by atoms with van der Waals surface area (Å²) in [5.41, 5.74) is 1.56. The lowest BCUT2D eigenvalue weighted by atomic mass is 10.2. The highest BCUT2D eigenvalue weighted by Crippen LogP contribution is 2.20. The minimum Gasteiger partial charge on any atom is -0.497 e. The monoisotopic (exact) mass is 370 g/mol. The van der Waals surface area contributed by atoms with Crippen molar-refractivity contribution in [3.05, 3.63) is 71.1 Å². The van der Waals surface area contributed by atoms with Gasteiger partial charge in [-0.2, -0.15) is 0 Å². The summed E-state index contributed by atoms with van der Waals surface area (Å²) >= 11 is 5.84. The number of aromatic nitrogens is 2. The number of halogens is 1. The predicted octanol–water partition coefficient (Wildman–Crippen LogP) is 4.16. The van der Waals surface area contributed by atoms with Gasteiger partial charge in [0.15, 0.2) is 6.61 Å². The van der Waals surface area contributed by atoms with Gasteiger partial charge in [0.25, 0.3) is 5.89 Å². The van der Waals surface area contributed by atoms with Crippen molar-refractivity contribution in [1.82, 2.24) is 10.2 Å². The van der Waals surface area contributed by atoms with E-state index in [0.29, 0.717) is 16.7 Å². The number of hydrogen-bond donors (Lipinski definition) is 0. The van der Waals surface area contributed by atoms with Crippen molar-refractivity contribution in [3.8, 4) is 17.2 Å². The highest BCUT2D eigenvalue weighted by molar-refractivity contribution is 6.30. The van der Waals surface area contributed by atoms with Crippen molar-refractivity contribution in [2.75, 3.05) is 7.11 Å². The molecule has 0 spiro atoms. The van der Waals surface area contributed by atoms with Crippen molar-refractivity contribution in [2.45, 2.75) is 6.61 Å². The van der Waals surface area contributed by atoms with Gasteiger partial charge in [0.2, 0.25) is 5.89 Å². The first-order valence-corrected chi connectivity index (χ1v) is 8.09. The fourth-order valence-corrected chi connectivity index (χ4v) is 2.24. The number of carbonyl (C=O) groups excluding carboxylic acids is 1. The predicted molar refractivity (Wildman–Crippen MR) is 96.6 cm³/mol. The van der Waals surface area contributed by atoms with Gasteiger partial charge in [-0.25, -0.2) is 4.79 Å². The molecule has 0 radical (unpaired) electrons. The second-order valence-electron chi connectivity index (χ2n) is 5.23. The maximum absolute atomic E-state index is 11.8. The summed E-state index contributed by atoms with van der Waals surface area (Å²) in [5.74, 6) is 0.734. The molecule has 26 heavy (non-hydrogen) atoms. The minimum absolute atomic E-state index is 0.109. The SMILES string of the molecule is COc1cccc(C=CC(=O)OCc2nnc(-c3ccc(Cl)cc3)o2)c1. The Hall–Kier alpha value is -3.12. The van der Waals surface area contributed by atoms with E-state index in [2.05, 4.69) is 10.2 Å². The van der Waals surface area contributed by atoms with Crippen molar-refractivity contribution in [2.24, 2.45) is 0 Å². The Morgan fingerprint density at radius 1 is 1.19 bits per heavy atom. The van der Waals surface area contributed by atoms with E-state index in [9.17, 15) is 4.79 Å². The molecule has 0 saturated carbocycles. The average Bonchev–Trinajstić information content (AvgIpc) is 3.14. The van der Waals surface area contributed by atoms with E-state index in [1.54, 1.807) is 43.5 Å². The van der Waals surface area contributed by atoms with Crippen LogP contribution in [-0.2, 0) is 16.1 Å². The molecule has 1 aromatic heterocycles. The molecule has 0 N–H and O–H groups in total. The summed E-state index contributed by atoms with van der Waals surface area (Å²) in [6.07, 6.45) is 2.96. The molecule has 0 saturated heterocycles.